The van der Waals surface area contributed by atoms with Crippen LogP contribution in [-0.2, 0) is 0 Å². The van der Waals surface area contributed by atoms with Crippen LogP contribution in [0.2, 0.25) is 0 Å². The zero-order chi connectivity index (χ0) is 17.5. The van der Waals surface area contributed by atoms with Crippen molar-refractivity contribution in [2.24, 2.45) is 0 Å². The van der Waals surface area contributed by atoms with Crippen molar-refractivity contribution in [2.45, 2.75) is 44.6 Å². The number of hydrogen-bond donors (Lipinski definition) is 2. The van der Waals surface area contributed by atoms with Crippen LogP contribution in [0.25, 0.3) is 0 Å². The lowest BCUT2D eigenvalue weighted by Gasteiger charge is -2.15. The van der Waals surface area contributed by atoms with Gasteiger partial charge in [0.25, 0.3) is 5.91 Å². The smallest absolute Gasteiger partial charge is 0.272 e. The number of carbonyl (C=O) groups excluding carboxylic acids is 1. The Balaban J connectivity index is 1.63. The highest BCUT2D eigenvalue weighted by atomic mass is 16.2. The van der Waals surface area contributed by atoms with Gasteiger partial charge in [0.05, 0.1) is 11.3 Å². The first kappa shape index (κ1) is 16.9. The highest BCUT2D eigenvalue weighted by Gasteiger charge is 2.17. The van der Waals surface area contributed by atoms with Crippen molar-refractivity contribution in [3.05, 3.63) is 47.7 Å². The lowest BCUT2D eigenvalue weighted by molar-refractivity contribution is 0.0927. The van der Waals surface area contributed by atoms with Crippen molar-refractivity contribution in [1.29, 1.82) is 5.26 Å². The van der Waals surface area contributed by atoms with Gasteiger partial charge in [0, 0.05) is 6.04 Å². The zero-order valence-electron chi connectivity index (χ0n) is 14.0. The average Bonchev–Trinajstić information content (AvgIpc) is 2.91. The summed E-state index contributed by atoms with van der Waals surface area (Å²) in [6.45, 7) is 0. The standard InChI is InChI=1S/C19H21N5O/c20-13-14-7-5-6-10-16(14)22-18-12-11-17(23-24-18)19(25)21-15-8-3-1-2-4-9-15/h5-7,10-12,15H,1-4,8-9H2,(H,21,25)(H,22,24). The normalized spacial score (nSPS) is 15.0. The molecule has 0 aliphatic heterocycles. The summed E-state index contributed by atoms with van der Waals surface area (Å²) in [6, 6.07) is 12.9. The summed E-state index contributed by atoms with van der Waals surface area (Å²) >= 11 is 0. The molecule has 128 valence electrons. The van der Waals surface area contributed by atoms with Crippen LogP contribution in [0.4, 0.5) is 11.5 Å². The number of carbonyl (C=O) groups is 1. The summed E-state index contributed by atoms with van der Waals surface area (Å²) in [6.07, 6.45) is 6.89. The molecule has 1 saturated carbocycles. The number of nitrogens with one attached hydrogen (secondary N) is 2. The Hall–Kier alpha value is -2.94. The quantitative estimate of drug-likeness (QED) is 0.834. The number of benzene rings is 1. The minimum Gasteiger partial charge on any atom is -0.348 e. The van der Waals surface area contributed by atoms with Gasteiger partial charge >= 0.3 is 0 Å². The molecule has 1 fully saturated rings. The molecule has 2 aromatic rings. The second kappa shape index (κ2) is 8.25. The Kier molecular flexibility index (Phi) is 5.57. The number of anilines is 2. The van der Waals surface area contributed by atoms with Crippen LogP contribution < -0.4 is 10.6 Å². The molecular formula is C19H21N5O. The van der Waals surface area contributed by atoms with E-state index in [1.165, 1.54) is 12.8 Å². The molecule has 3 rings (SSSR count). The highest BCUT2D eigenvalue weighted by Crippen LogP contribution is 2.19. The van der Waals surface area contributed by atoms with Crippen LogP contribution in [0.1, 0.15) is 54.6 Å². The predicted octanol–water partition coefficient (Wildman–Crippen LogP) is 3.54. The number of aromatic nitrogens is 2. The third kappa shape index (κ3) is 4.54. The fourth-order valence-corrected chi connectivity index (χ4v) is 3.03. The van der Waals surface area contributed by atoms with Crippen LogP contribution >= 0.6 is 0 Å². The number of nitrogens with zero attached hydrogens (tertiary/aromatic N) is 3. The van der Waals surface area contributed by atoms with E-state index in [1.807, 2.05) is 6.07 Å². The van der Waals surface area contributed by atoms with Gasteiger partial charge in [0.15, 0.2) is 11.5 Å². The van der Waals surface area contributed by atoms with Crippen molar-refractivity contribution in [3.63, 3.8) is 0 Å². The Labute approximate surface area is 147 Å². The lowest BCUT2D eigenvalue weighted by Crippen LogP contribution is -2.35. The van der Waals surface area contributed by atoms with Crippen molar-refractivity contribution < 1.29 is 4.79 Å². The molecule has 1 aromatic carbocycles. The molecule has 1 aliphatic rings. The van der Waals surface area contributed by atoms with Crippen LogP contribution in [0.3, 0.4) is 0 Å². The fraction of sp³-hybridized carbons (Fsp3) is 0.368. The molecule has 25 heavy (non-hydrogen) atoms. The maximum absolute atomic E-state index is 12.3. The van der Waals surface area contributed by atoms with E-state index in [2.05, 4.69) is 26.9 Å². The Morgan fingerprint density at radius 1 is 1.04 bits per heavy atom. The Morgan fingerprint density at radius 2 is 1.80 bits per heavy atom. The van der Waals surface area contributed by atoms with Crippen molar-refractivity contribution in [3.8, 4) is 6.07 Å². The molecule has 1 heterocycles. The first-order chi connectivity index (χ1) is 12.3. The van der Waals surface area contributed by atoms with Crippen LogP contribution in [-0.4, -0.2) is 22.1 Å². The second-order valence-corrected chi connectivity index (χ2v) is 6.25. The van der Waals surface area contributed by atoms with E-state index in [4.69, 9.17) is 5.26 Å². The highest BCUT2D eigenvalue weighted by molar-refractivity contribution is 5.92. The minimum absolute atomic E-state index is 0.177. The summed E-state index contributed by atoms with van der Waals surface area (Å²) in [5.74, 6) is 0.317. The van der Waals surface area contributed by atoms with Gasteiger partial charge in [0.1, 0.15) is 6.07 Å². The van der Waals surface area contributed by atoms with Gasteiger partial charge < -0.3 is 10.6 Å². The molecule has 6 nitrogen and oxygen atoms in total. The first-order valence-electron chi connectivity index (χ1n) is 8.67. The molecule has 0 unspecified atom stereocenters. The third-order valence-electron chi connectivity index (χ3n) is 4.40. The molecular weight excluding hydrogens is 314 g/mol. The van der Waals surface area contributed by atoms with Gasteiger partial charge in [0.2, 0.25) is 0 Å². The van der Waals surface area contributed by atoms with Gasteiger partial charge in [-0.3, -0.25) is 4.79 Å². The fourth-order valence-electron chi connectivity index (χ4n) is 3.03. The van der Waals surface area contributed by atoms with Crippen LogP contribution in [0, 0.1) is 11.3 Å². The Morgan fingerprint density at radius 3 is 2.48 bits per heavy atom. The number of rotatable bonds is 4. The molecule has 0 spiro atoms. The molecule has 6 heteroatoms. The van der Waals surface area contributed by atoms with Gasteiger partial charge in [-0.15, -0.1) is 10.2 Å². The number of nitriles is 1. The third-order valence-corrected chi connectivity index (χ3v) is 4.40. The number of hydrogen-bond acceptors (Lipinski definition) is 5. The number of para-hydroxylation sites is 1. The van der Waals surface area contributed by atoms with E-state index < -0.39 is 0 Å². The summed E-state index contributed by atoms with van der Waals surface area (Å²) in [5.41, 5.74) is 1.50. The molecule has 1 amide bonds. The minimum atomic E-state index is -0.177. The summed E-state index contributed by atoms with van der Waals surface area (Å²) < 4.78 is 0. The maximum Gasteiger partial charge on any atom is 0.272 e. The molecule has 0 saturated heterocycles. The predicted molar refractivity (Wildman–Crippen MR) is 95.4 cm³/mol. The Bertz CT molecular complexity index is 758. The SMILES string of the molecule is N#Cc1ccccc1Nc1ccc(C(=O)NC2CCCCCC2)nn1. The summed E-state index contributed by atoms with van der Waals surface area (Å²) in [5, 5.41) is 23.3. The maximum atomic E-state index is 12.3. The van der Waals surface area contributed by atoms with Gasteiger partial charge in [-0.05, 0) is 37.1 Å². The largest absolute Gasteiger partial charge is 0.348 e. The zero-order valence-corrected chi connectivity index (χ0v) is 14.0. The molecule has 1 aliphatic carbocycles. The van der Waals surface area contributed by atoms with Gasteiger partial charge in [-0.25, -0.2) is 0 Å². The second-order valence-electron chi connectivity index (χ2n) is 6.25. The van der Waals surface area contributed by atoms with E-state index in [-0.39, 0.29) is 11.9 Å². The molecule has 0 radical (unpaired) electrons. The van der Waals surface area contributed by atoms with Crippen molar-refractivity contribution >= 4 is 17.4 Å². The van der Waals surface area contributed by atoms with Crippen molar-refractivity contribution in [2.75, 3.05) is 5.32 Å². The monoisotopic (exact) mass is 335 g/mol. The molecule has 0 bridgehead atoms. The van der Waals surface area contributed by atoms with E-state index >= 15 is 0 Å². The summed E-state index contributed by atoms with van der Waals surface area (Å²) in [4.78, 5) is 12.3. The topological polar surface area (TPSA) is 90.7 Å². The number of amides is 1. The van der Waals surface area contributed by atoms with E-state index in [0.717, 1.165) is 25.7 Å². The lowest BCUT2D eigenvalue weighted by atomic mass is 10.1. The molecule has 1 aromatic heterocycles. The van der Waals surface area contributed by atoms with Crippen LogP contribution in [0.15, 0.2) is 36.4 Å². The average molecular weight is 335 g/mol. The van der Waals surface area contributed by atoms with Gasteiger partial charge in [-0.1, -0.05) is 37.8 Å². The summed E-state index contributed by atoms with van der Waals surface area (Å²) in [7, 11) is 0. The van der Waals surface area contributed by atoms with Crippen molar-refractivity contribution in [1.82, 2.24) is 15.5 Å². The first-order valence-corrected chi connectivity index (χ1v) is 8.67. The van der Waals surface area contributed by atoms with E-state index in [9.17, 15) is 4.79 Å². The molecule has 0 atom stereocenters. The van der Waals surface area contributed by atoms with Gasteiger partial charge in [-0.2, -0.15) is 5.26 Å². The van der Waals surface area contributed by atoms with Crippen LogP contribution in [0.5, 0.6) is 0 Å². The van der Waals surface area contributed by atoms with E-state index in [0.29, 0.717) is 22.8 Å². The molecule has 2 N–H and O–H groups in total. The van der Waals surface area contributed by atoms with E-state index in [1.54, 1.807) is 30.3 Å².